The van der Waals surface area contributed by atoms with E-state index < -0.39 is 271 Å². The number of aliphatic carboxylic acids is 1. The number of nitrogens with one attached hydrogen (secondary N) is 16. The number of aromatic nitrogens is 1. The summed E-state index contributed by atoms with van der Waals surface area (Å²) in [4.78, 5) is 252. The van der Waals surface area contributed by atoms with Gasteiger partial charge in [0, 0.05) is 56.1 Å². The summed E-state index contributed by atoms with van der Waals surface area (Å²) in [5.41, 5.74) is 6.26. The summed E-state index contributed by atoms with van der Waals surface area (Å²) >= 11 is 0. The van der Waals surface area contributed by atoms with Crippen molar-refractivity contribution in [2.45, 2.75) is 281 Å². The lowest BCUT2D eigenvalue weighted by Gasteiger charge is -2.34. The molecule has 1 aliphatic rings. The number of fused-ring (bicyclic) bond motifs is 1. The molecule has 0 aliphatic carbocycles. The highest BCUT2D eigenvalue weighted by Crippen LogP contribution is 2.30. The van der Waals surface area contributed by atoms with Crippen LogP contribution in [0.2, 0.25) is 0 Å². The molecule has 128 heavy (non-hydrogen) atoms. The predicted octanol–water partition coefficient (Wildman–Crippen LogP) is -1.60. The van der Waals surface area contributed by atoms with Gasteiger partial charge in [-0.2, -0.15) is 13.2 Å². The van der Waals surface area contributed by atoms with E-state index in [0.29, 0.717) is 41.5 Å². The Hall–Kier alpha value is -12.9. The van der Waals surface area contributed by atoms with Crippen molar-refractivity contribution in [2.75, 3.05) is 6.61 Å². The maximum Gasteiger partial charge on any atom is 0.416 e. The van der Waals surface area contributed by atoms with Crippen LogP contribution in [0.15, 0.2) is 72.9 Å². The van der Waals surface area contributed by atoms with Gasteiger partial charge in [0.15, 0.2) is 0 Å². The van der Waals surface area contributed by atoms with E-state index in [4.69, 9.17) is 11.5 Å². The van der Waals surface area contributed by atoms with Crippen molar-refractivity contribution in [1.29, 1.82) is 0 Å². The van der Waals surface area contributed by atoms with Gasteiger partial charge in [0.25, 0.3) is 0 Å². The zero-order chi connectivity index (χ0) is 96.0. The van der Waals surface area contributed by atoms with Crippen molar-refractivity contribution in [3.05, 3.63) is 101 Å². The van der Waals surface area contributed by atoms with Crippen molar-refractivity contribution < 1.29 is 124 Å². The second-order valence-electron chi connectivity index (χ2n) is 32.8. The number of aromatic amines is 1. The van der Waals surface area contributed by atoms with Gasteiger partial charge in [-0.15, -0.1) is 0 Å². The number of phenolic OH excluding ortho intramolecular Hbond substituents is 1. The van der Waals surface area contributed by atoms with Crippen molar-refractivity contribution >= 4 is 117 Å². The number of carboxylic acid groups (broad SMARTS) is 1. The minimum Gasteiger partial charge on any atom is -0.508 e. The van der Waals surface area contributed by atoms with Crippen LogP contribution < -0.4 is 91.2 Å². The number of phenols is 1. The van der Waals surface area contributed by atoms with Gasteiger partial charge < -0.3 is 117 Å². The fourth-order valence-electron chi connectivity index (χ4n) is 13.6. The maximum absolute atomic E-state index is 15.4. The number of carbonyl (C=O) groups is 18. The lowest BCUT2D eigenvalue weighted by Crippen LogP contribution is -2.65. The van der Waals surface area contributed by atoms with Gasteiger partial charge in [-0.1, -0.05) is 76.6 Å². The molecule has 4 aromatic rings. The van der Waals surface area contributed by atoms with Crippen molar-refractivity contribution in [3.8, 4) is 5.75 Å². The fraction of sp³-hybridized carbons (Fsp3) is 0.548. The molecule has 2 heterocycles. The van der Waals surface area contributed by atoms with Gasteiger partial charge in [-0.3, -0.25) is 86.3 Å². The van der Waals surface area contributed by atoms with Gasteiger partial charge in [-0.05, 0) is 153 Å². The Morgan fingerprint density at radius 2 is 1.01 bits per heavy atom. The SMILES string of the molecule is CC(=O)N[C@@H](C(=O)N[C@H](C)C(=O)N[C@H](Cc1c[nH]c2cc(F)ccc12)C(=O)N[C@H](Cc1ccc(O)cc1)C(=O)N[C@H](C)C(=O)NC1(C)CCCCCCCCC(C)(C(=O)N[C@H](CC(C)C)C(=O)N[C@H](CO)C(=O)N[C@H](C)C(=O)N[C@H](C)C(=O)N[C@H](C)C(N)=O)NC(=O)[C@@H](CCC(N)=O)NC(=O)[C@@H](CCC(=O)O)NC(=O)[C@@H](Cc2ccc(C(F)(F)F)cc2)NC1=O)[C@H](C)O. The topological polar surface area (TPSA) is 636 Å². The fourth-order valence-corrected chi connectivity index (χ4v) is 13.6. The molecular weight excluding hydrogens is 1690 g/mol. The zero-order valence-corrected chi connectivity index (χ0v) is 72.9. The number of aliphatic hydroxyl groups excluding tert-OH is 2. The Bertz CT molecular complexity index is 4650. The molecule has 1 aliphatic heterocycles. The number of aliphatic hydroxyl groups is 2. The van der Waals surface area contributed by atoms with Gasteiger partial charge in [0.1, 0.15) is 101 Å². The minimum atomic E-state index is -4.87. The molecule has 44 heteroatoms. The number of halogens is 4. The lowest BCUT2D eigenvalue weighted by molar-refractivity contribution is -0.140. The molecule has 0 saturated carbocycles. The minimum absolute atomic E-state index is 0.0480. The third-order valence-corrected chi connectivity index (χ3v) is 21.2. The second kappa shape index (κ2) is 48.7. The Morgan fingerprint density at radius 1 is 0.531 bits per heavy atom. The molecule has 17 amide bonds. The molecule has 24 N–H and O–H groups in total. The number of carboxylic acids is 1. The Morgan fingerprint density at radius 3 is 1.55 bits per heavy atom. The zero-order valence-electron chi connectivity index (χ0n) is 72.9. The lowest BCUT2D eigenvalue weighted by atomic mass is 9.90. The number of primary amides is 2. The Balaban J connectivity index is 1.53. The highest BCUT2D eigenvalue weighted by atomic mass is 19.4. The van der Waals surface area contributed by atoms with Crippen LogP contribution in [-0.4, -0.2) is 234 Å². The van der Waals surface area contributed by atoms with Gasteiger partial charge in [0.05, 0.1) is 18.3 Å². The summed E-state index contributed by atoms with van der Waals surface area (Å²) in [6.07, 6.45) is -8.62. The Labute approximate surface area is 734 Å². The number of alkyl halides is 3. The number of H-pyrrole nitrogens is 1. The van der Waals surface area contributed by atoms with Gasteiger partial charge >= 0.3 is 12.1 Å². The summed E-state index contributed by atoms with van der Waals surface area (Å²) in [5.74, 6) is -20.4. The number of benzene rings is 3. The predicted molar refractivity (Wildman–Crippen MR) is 451 cm³/mol. The van der Waals surface area contributed by atoms with E-state index in [0.717, 1.165) is 25.1 Å². The molecule has 2 unspecified atom stereocenters. The smallest absolute Gasteiger partial charge is 0.416 e. The maximum atomic E-state index is 15.4. The number of amides is 17. The Kier molecular flexibility index (Phi) is 40.2. The van der Waals surface area contributed by atoms with Crippen LogP contribution in [0.3, 0.4) is 0 Å². The number of nitrogens with two attached hydrogens (primary N) is 2. The first-order chi connectivity index (χ1) is 59.8. The van der Waals surface area contributed by atoms with Gasteiger partial charge in [0.2, 0.25) is 100 Å². The van der Waals surface area contributed by atoms with Crippen LogP contribution in [0.4, 0.5) is 17.6 Å². The first kappa shape index (κ1) is 106. The number of aromatic hydroxyl groups is 1. The molecule has 0 radical (unpaired) electrons. The summed E-state index contributed by atoms with van der Waals surface area (Å²) in [6.45, 7) is 13.3. The molecule has 1 aromatic heterocycles. The van der Waals surface area contributed by atoms with Crippen LogP contribution in [0.25, 0.3) is 10.9 Å². The van der Waals surface area contributed by atoms with Gasteiger partial charge in [-0.25, -0.2) is 4.39 Å². The largest absolute Gasteiger partial charge is 0.508 e. The molecule has 3 aromatic carbocycles. The summed E-state index contributed by atoms with van der Waals surface area (Å²) in [7, 11) is 0. The van der Waals surface area contributed by atoms with Crippen LogP contribution in [0, 0.1) is 11.7 Å². The van der Waals surface area contributed by atoms with E-state index >= 15 is 14.4 Å². The first-order valence-electron chi connectivity index (χ1n) is 41.7. The number of rotatable bonds is 38. The molecular formula is C84H118F4N18O22. The van der Waals surface area contributed by atoms with Crippen molar-refractivity contribution in [3.63, 3.8) is 0 Å². The van der Waals surface area contributed by atoms with Crippen molar-refractivity contribution in [2.24, 2.45) is 17.4 Å². The quantitative estimate of drug-likeness (QED) is 0.0225. The molecule has 40 nitrogen and oxygen atoms in total. The monoisotopic (exact) mass is 1810 g/mol. The standard InChI is InChI=1S/C84H118F4N18O22/c1-41(2)34-59(74(121)102-63(40-107)77(124)94-44(5)69(116)93-43(4)68(115)92-42(3)67(90)114)103-81(128)83(11)33-17-15-13-12-14-16-32-82(10,80(127)104-61(36-49-18-22-52(23-19-49)84(86,87)88)75(122)98-56(29-31-65(112)113)72(119)99-57(78(125)106-83)28-30-64(89)111)105-71(118)46(7)95-73(120)60(35-50-20-25-54(110)26-21-50)101-76(123)62(37-51-39-91-58-38-53(85)24-27-55(51)58)100-70(117)45(6)96-79(126)66(47(8)108)97-48(9)109/h18-27,38-39,41-47,56-57,59-63,66,91,107-108,110H,12-17,28-37,40H2,1-11H3,(H2,89,111)(H2,90,114)(H,92,115)(H,93,116)(H,94,124)(H,95,120)(H,96,126)(H,97,109)(H,98,122)(H,99,119)(H,100,117)(H,101,123)(H,102,121)(H,103,128)(H,104,127)(H,105,118)(H,106,125)(H,112,113)/t42-,43-,44-,45-,46-,47+,56-,57-,59-,60-,61-,62-,63-,66-,82?,83?/m1/s1. The highest BCUT2D eigenvalue weighted by molar-refractivity contribution is 6.02. The molecule has 0 bridgehead atoms. The molecule has 5 rings (SSSR count). The molecule has 704 valence electrons. The third-order valence-electron chi connectivity index (χ3n) is 21.2. The van der Waals surface area contributed by atoms with Crippen LogP contribution >= 0.6 is 0 Å². The summed E-state index contributed by atoms with van der Waals surface area (Å²) in [6, 6.07) is -8.66. The number of carbonyl (C=O) groups excluding carboxylic acids is 17. The van der Waals surface area contributed by atoms with Crippen LogP contribution in [0.1, 0.15) is 182 Å². The van der Waals surface area contributed by atoms with E-state index in [1.165, 1.54) is 98.0 Å². The van der Waals surface area contributed by atoms with E-state index in [2.05, 4.69) is 84.7 Å². The van der Waals surface area contributed by atoms with E-state index in [1.54, 1.807) is 13.8 Å². The first-order valence-corrected chi connectivity index (χ1v) is 41.7. The molecule has 1 saturated heterocycles. The van der Waals surface area contributed by atoms with E-state index in [-0.39, 0.29) is 68.2 Å². The normalized spacial score (nSPS) is 20.1. The van der Waals surface area contributed by atoms with E-state index in [9.17, 15) is 110 Å². The average Bonchev–Trinajstić information content (AvgIpc) is 1.11. The molecule has 0 spiro atoms. The second-order valence-corrected chi connectivity index (χ2v) is 32.8. The number of hydrogen-bond acceptors (Lipinski definition) is 21. The van der Waals surface area contributed by atoms with Crippen LogP contribution in [0.5, 0.6) is 5.75 Å². The third kappa shape index (κ3) is 33.5. The summed E-state index contributed by atoms with van der Waals surface area (Å²) in [5, 5.41) is 78.2. The van der Waals surface area contributed by atoms with Crippen LogP contribution in [-0.2, 0) is 112 Å². The highest BCUT2D eigenvalue weighted by Gasteiger charge is 2.44. The molecule has 16 atom stereocenters. The van der Waals surface area contributed by atoms with Crippen molar-refractivity contribution in [1.82, 2.24) is 84.7 Å². The molecule has 1 fully saturated rings. The summed E-state index contributed by atoms with van der Waals surface area (Å²) < 4.78 is 56.5. The average molecular weight is 1810 g/mol. The number of hydrogen-bond donors (Lipinski definition) is 22. The van der Waals surface area contributed by atoms with E-state index in [1.807, 2.05) is 0 Å².